The summed E-state index contributed by atoms with van der Waals surface area (Å²) in [6.07, 6.45) is 4.69. The average molecular weight is 473 g/mol. The molecule has 2 aromatic heterocycles. The van der Waals surface area contributed by atoms with Crippen molar-refractivity contribution in [1.82, 2.24) is 30.0 Å². The second-order valence-corrected chi connectivity index (χ2v) is 9.69. The molecule has 10 nitrogen and oxygen atoms in total. The van der Waals surface area contributed by atoms with Gasteiger partial charge in [0.25, 0.3) is 0 Å². The third kappa shape index (κ3) is 5.78. The minimum Gasteiger partial charge on any atom is -0.348 e. The summed E-state index contributed by atoms with van der Waals surface area (Å²) in [5.74, 6) is 1.00. The van der Waals surface area contributed by atoms with Crippen LogP contribution in [0.15, 0.2) is 48.9 Å². The van der Waals surface area contributed by atoms with Gasteiger partial charge in [-0.05, 0) is 31.5 Å². The van der Waals surface area contributed by atoms with Crippen molar-refractivity contribution in [3.8, 4) is 0 Å². The van der Waals surface area contributed by atoms with E-state index in [1.54, 1.807) is 43.7 Å². The van der Waals surface area contributed by atoms with Crippen LogP contribution in [0.5, 0.6) is 0 Å². The smallest absolute Gasteiger partial charge is 0.225 e. The van der Waals surface area contributed by atoms with E-state index in [-0.39, 0.29) is 29.7 Å². The van der Waals surface area contributed by atoms with Gasteiger partial charge in [-0.25, -0.2) is 27.5 Å². The van der Waals surface area contributed by atoms with E-state index in [0.29, 0.717) is 29.8 Å². The predicted molar refractivity (Wildman–Crippen MR) is 123 cm³/mol. The van der Waals surface area contributed by atoms with Crippen LogP contribution < -0.4 is 20.7 Å². The molecule has 1 fully saturated rings. The normalized spacial score (nSPS) is 18.9. The van der Waals surface area contributed by atoms with Crippen LogP contribution in [0.25, 0.3) is 0 Å². The maximum absolute atomic E-state index is 13.3. The number of rotatable bonds is 9. The summed E-state index contributed by atoms with van der Waals surface area (Å²) in [6.45, 7) is 4.00. The number of sulfonamides is 1. The molecule has 0 aliphatic carbocycles. The molecule has 3 heterocycles. The van der Waals surface area contributed by atoms with Crippen molar-refractivity contribution in [2.24, 2.45) is 0 Å². The lowest BCUT2D eigenvalue weighted by atomic mass is 9.97. The molecule has 3 aromatic rings. The van der Waals surface area contributed by atoms with Crippen molar-refractivity contribution in [2.75, 3.05) is 22.9 Å². The lowest BCUT2D eigenvalue weighted by Gasteiger charge is -2.38. The zero-order valence-corrected chi connectivity index (χ0v) is 19.0. The highest BCUT2D eigenvalue weighted by molar-refractivity contribution is 7.89. The Morgan fingerprint density at radius 1 is 1.18 bits per heavy atom. The van der Waals surface area contributed by atoms with Gasteiger partial charge in [-0.3, -0.25) is 4.98 Å². The van der Waals surface area contributed by atoms with Crippen LogP contribution in [0, 0.1) is 5.82 Å². The van der Waals surface area contributed by atoms with Crippen LogP contribution in [0.3, 0.4) is 0 Å². The molecule has 0 radical (unpaired) electrons. The number of aromatic nitrogens is 4. The summed E-state index contributed by atoms with van der Waals surface area (Å²) < 4.78 is 40.1. The Labute approximate surface area is 191 Å². The van der Waals surface area contributed by atoms with Crippen molar-refractivity contribution >= 4 is 27.6 Å². The zero-order valence-electron chi connectivity index (χ0n) is 18.2. The third-order valence-electron chi connectivity index (χ3n) is 5.27. The molecule has 1 aliphatic heterocycles. The fourth-order valence-corrected chi connectivity index (χ4v) is 4.21. The molecule has 2 unspecified atom stereocenters. The minimum absolute atomic E-state index is 0.00145. The van der Waals surface area contributed by atoms with E-state index in [1.165, 1.54) is 12.1 Å². The Hall–Kier alpha value is -3.22. The first-order chi connectivity index (χ1) is 15.8. The van der Waals surface area contributed by atoms with Gasteiger partial charge in [-0.15, -0.1) is 0 Å². The molecule has 0 amide bonds. The van der Waals surface area contributed by atoms with Gasteiger partial charge in [0.05, 0.1) is 35.8 Å². The highest BCUT2D eigenvalue weighted by Gasteiger charge is 2.36. The van der Waals surface area contributed by atoms with Gasteiger partial charge < -0.3 is 16.0 Å². The number of anilines is 3. The Morgan fingerprint density at radius 2 is 1.97 bits per heavy atom. The first-order valence-corrected chi connectivity index (χ1v) is 12.2. The first-order valence-electron chi connectivity index (χ1n) is 10.5. The Balaban J connectivity index is 1.61. The molecule has 33 heavy (non-hydrogen) atoms. The molecular weight excluding hydrogens is 447 g/mol. The van der Waals surface area contributed by atoms with Crippen molar-refractivity contribution < 1.29 is 12.8 Å². The first kappa shape index (κ1) is 23.0. The fraction of sp³-hybridized carbons (Fsp3) is 0.333. The Morgan fingerprint density at radius 3 is 2.61 bits per heavy atom. The number of hydrogen-bond donors (Lipinski definition) is 4. The van der Waals surface area contributed by atoms with Crippen molar-refractivity contribution in [1.29, 1.82) is 0 Å². The molecule has 4 N–H and O–H groups in total. The quantitative estimate of drug-likeness (QED) is 0.370. The summed E-state index contributed by atoms with van der Waals surface area (Å²) in [5.41, 5.74) is 1.48. The lowest BCUT2D eigenvalue weighted by Crippen LogP contribution is -2.59. The molecule has 1 saturated heterocycles. The minimum atomic E-state index is -3.36. The van der Waals surface area contributed by atoms with E-state index in [1.807, 2.05) is 6.92 Å². The van der Waals surface area contributed by atoms with Gasteiger partial charge in [0.1, 0.15) is 17.5 Å². The van der Waals surface area contributed by atoms with Gasteiger partial charge in [0.15, 0.2) is 0 Å². The van der Waals surface area contributed by atoms with Crippen LogP contribution in [0.4, 0.5) is 22.0 Å². The number of nitrogens with one attached hydrogen (secondary N) is 4. The number of nitrogens with zero attached hydrogens (tertiary/aromatic N) is 4. The van der Waals surface area contributed by atoms with Crippen molar-refractivity contribution in [3.63, 3.8) is 0 Å². The van der Waals surface area contributed by atoms with E-state index in [9.17, 15) is 12.8 Å². The molecule has 0 saturated carbocycles. The summed E-state index contributed by atoms with van der Waals surface area (Å²) in [5, 5.41) is 9.56. The molecule has 3 atom stereocenters. The second kappa shape index (κ2) is 9.73. The zero-order chi connectivity index (χ0) is 23.4. The molecular formula is C21H25FN8O2S. The van der Waals surface area contributed by atoms with E-state index in [0.717, 1.165) is 5.56 Å². The van der Waals surface area contributed by atoms with Gasteiger partial charge in [-0.2, -0.15) is 4.98 Å². The van der Waals surface area contributed by atoms with Crippen molar-refractivity contribution in [3.05, 3.63) is 66.0 Å². The van der Waals surface area contributed by atoms with Crippen molar-refractivity contribution in [2.45, 2.75) is 32.0 Å². The third-order valence-corrected chi connectivity index (χ3v) is 6.69. The molecule has 12 heteroatoms. The number of halogens is 1. The highest BCUT2D eigenvalue weighted by atomic mass is 32.2. The molecule has 174 valence electrons. The maximum atomic E-state index is 13.3. The highest BCUT2D eigenvalue weighted by Crippen LogP contribution is 2.27. The van der Waals surface area contributed by atoms with Crippen LogP contribution >= 0.6 is 0 Å². The molecule has 4 rings (SSSR count). The standard InChI is InChI=1S/C21H25FN8O2S/c1-3-33(31,32)30-17-11-25-20(17)16-10-18(28-19-12-23-8-9-24-19)29-21(27-16)26-13(2)14-4-6-15(22)7-5-14/h4-10,12-13,17,20,25,30H,3,11H2,1-2H3,(H2,24,26,27,28,29)/t13?,17-,20?/m0/s1. The number of benzene rings is 1. The molecule has 0 bridgehead atoms. The molecule has 1 aromatic carbocycles. The van der Waals surface area contributed by atoms with E-state index < -0.39 is 10.0 Å². The summed E-state index contributed by atoms with van der Waals surface area (Å²) in [4.78, 5) is 17.4. The monoisotopic (exact) mass is 472 g/mol. The predicted octanol–water partition coefficient (Wildman–Crippen LogP) is 2.27. The van der Waals surface area contributed by atoms with E-state index in [2.05, 4.69) is 40.6 Å². The SMILES string of the molecule is CCS(=O)(=O)N[C@H]1CNC1c1cc(Nc2cnccn2)nc(NC(C)c2ccc(F)cc2)n1. The Bertz CT molecular complexity index is 1190. The summed E-state index contributed by atoms with van der Waals surface area (Å²) >= 11 is 0. The van der Waals surface area contributed by atoms with Gasteiger partial charge >= 0.3 is 0 Å². The van der Waals surface area contributed by atoms with Gasteiger partial charge in [0, 0.05) is 25.0 Å². The van der Waals surface area contributed by atoms with Gasteiger partial charge in [-0.1, -0.05) is 12.1 Å². The van der Waals surface area contributed by atoms with Gasteiger partial charge in [0.2, 0.25) is 16.0 Å². The van der Waals surface area contributed by atoms with E-state index >= 15 is 0 Å². The maximum Gasteiger partial charge on any atom is 0.225 e. The second-order valence-electron chi connectivity index (χ2n) is 7.65. The van der Waals surface area contributed by atoms with Crippen LogP contribution in [0.2, 0.25) is 0 Å². The van der Waals surface area contributed by atoms with Crippen LogP contribution in [-0.2, 0) is 10.0 Å². The molecule has 1 aliphatic rings. The largest absolute Gasteiger partial charge is 0.348 e. The van der Waals surface area contributed by atoms with Crippen LogP contribution in [0.1, 0.15) is 37.2 Å². The fourth-order valence-electron chi connectivity index (χ4n) is 3.37. The Kier molecular flexibility index (Phi) is 6.77. The average Bonchev–Trinajstić information content (AvgIpc) is 2.78. The number of hydrogen-bond acceptors (Lipinski definition) is 9. The molecule has 0 spiro atoms. The van der Waals surface area contributed by atoms with Crippen LogP contribution in [-0.4, -0.2) is 46.7 Å². The van der Waals surface area contributed by atoms with E-state index in [4.69, 9.17) is 0 Å². The summed E-state index contributed by atoms with van der Waals surface area (Å²) in [6, 6.07) is 7.08. The summed E-state index contributed by atoms with van der Waals surface area (Å²) in [7, 11) is -3.36. The topological polar surface area (TPSA) is 134 Å². The lowest BCUT2D eigenvalue weighted by molar-refractivity contribution is 0.291.